The fraction of sp³-hybridized carbons (Fsp3) is 0.342. The molecule has 0 atom stereocenters. The number of nitrogens with zero attached hydrogens (tertiary/aromatic N) is 4. The second kappa shape index (κ2) is 12.8. The first-order valence-electron chi connectivity index (χ1n) is 15.6. The number of fused-ring (bicyclic) bond motifs is 1. The van der Waals surface area contributed by atoms with Crippen molar-refractivity contribution in [3.05, 3.63) is 105 Å². The van der Waals surface area contributed by atoms with Crippen LogP contribution in [0.1, 0.15) is 75.5 Å². The highest BCUT2D eigenvalue weighted by molar-refractivity contribution is 5.84. The summed E-state index contributed by atoms with van der Waals surface area (Å²) in [6, 6.07) is 21.8. The van der Waals surface area contributed by atoms with Crippen molar-refractivity contribution < 1.29 is 9.47 Å². The molecular formula is C38H44N4O3. The van der Waals surface area contributed by atoms with Crippen LogP contribution in [0.25, 0.3) is 28.0 Å². The minimum Gasteiger partial charge on any atom is -0.494 e. The number of ether oxygens (including phenoxy) is 2. The standard InChI is InChI=1S/C38H44N4O3/c1-10-44-35-19-25(4)33(21-32(35)24(2)3)36-40-34-14-12-11-13-31(34)37(43)42(36)39-22-28-20-26(5)41(27(28)6)29-15-17-30(18-16-29)45-23-38(7,8)9/h11-22,24H,10,23H2,1-9H3. The Balaban J connectivity index is 1.58. The van der Waals surface area contributed by atoms with Gasteiger partial charge in [0.1, 0.15) is 11.5 Å². The lowest BCUT2D eigenvalue weighted by atomic mass is 9.96. The number of hydrogen-bond acceptors (Lipinski definition) is 5. The summed E-state index contributed by atoms with van der Waals surface area (Å²) in [4.78, 5) is 18.9. The zero-order chi connectivity index (χ0) is 32.5. The predicted molar refractivity (Wildman–Crippen MR) is 185 cm³/mol. The number of aromatic nitrogens is 3. The van der Waals surface area contributed by atoms with E-state index in [1.807, 2.05) is 50.2 Å². The van der Waals surface area contributed by atoms with Gasteiger partial charge >= 0.3 is 0 Å². The zero-order valence-electron chi connectivity index (χ0n) is 27.9. The number of benzene rings is 3. The van der Waals surface area contributed by atoms with Gasteiger partial charge in [-0.3, -0.25) is 4.79 Å². The molecule has 0 aliphatic rings. The average Bonchev–Trinajstić information content (AvgIpc) is 3.28. The zero-order valence-corrected chi connectivity index (χ0v) is 27.9. The Morgan fingerprint density at radius 1 is 0.956 bits per heavy atom. The largest absolute Gasteiger partial charge is 0.494 e. The van der Waals surface area contributed by atoms with Crippen LogP contribution in [0.5, 0.6) is 11.5 Å². The Morgan fingerprint density at radius 2 is 1.67 bits per heavy atom. The van der Waals surface area contributed by atoms with E-state index in [2.05, 4.69) is 77.3 Å². The van der Waals surface area contributed by atoms with Crippen molar-refractivity contribution in [1.82, 2.24) is 14.2 Å². The van der Waals surface area contributed by atoms with Gasteiger partial charge in [0, 0.05) is 28.2 Å². The van der Waals surface area contributed by atoms with E-state index in [1.165, 1.54) is 4.68 Å². The Morgan fingerprint density at radius 3 is 2.33 bits per heavy atom. The highest BCUT2D eigenvalue weighted by Crippen LogP contribution is 2.34. The van der Waals surface area contributed by atoms with Crippen LogP contribution in [0.15, 0.2) is 76.6 Å². The first-order valence-corrected chi connectivity index (χ1v) is 15.6. The van der Waals surface area contributed by atoms with Gasteiger partial charge in [0.2, 0.25) is 0 Å². The Hall–Kier alpha value is -4.65. The lowest BCUT2D eigenvalue weighted by molar-refractivity contribution is 0.198. The molecule has 0 saturated heterocycles. The van der Waals surface area contributed by atoms with Gasteiger partial charge in [-0.2, -0.15) is 9.78 Å². The topological polar surface area (TPSA) is 70.6 Å². The quantitative estimate of drug-likeness (QED) is 0.158. The lowest BCUT2D eigenvalue weighted by Gasteiger charge is -2.19. The van der Waals surface area contributed by atoms with Crippen LogP contribution >= 0.6 is 0 Å². The maximum absolute atomic E-state index is 13.9. The molecule has 0 radical (unpaired) electrons. The van der Waals surface area contributed by atoms with Crippen LogP contribution in [-0.2, 0) is 0 Å². The van der Waals surface area contributed by atoms with Gasteiger partial charge in [0.05, 0.1) is 30.3 Å². The third-order valence-electron chi connectivity index (χ3n) is 7.82. The summed E-state index contributed by atoms with van der Waals surface area (Å²) in [6.45, 7) is 20.1. The fourth-order valence-electron chi connectivity index (χ4n) is 5.50. The fourth-order valence-corrected chi connectivity index (χ4v) is 5.50. The third kappa shape index (κ3) is 6.72. The third-order valence-corrected chi connectivity index (χ3v) is 7.82. The molecule has 7 heteroatoms. The van der Waals surface area contributed by atoms with Crippen LogP contribution in [0, 0.1) is 26.2 Å². The summed E-state index contributed by atoms with van der Waals surface area (Å²) in [5.74, 6) is 2.42. The second-order valence-electron chi connectivity index (χ2n) is 13.1. The molecule has 7 nitrogen and oxygen atoms in total. The number of para-hydroxylation sites is 1. The molecule has 0 unspecified atom stereocenters. The van der Waals surface area contributed by atoms with Gasteiger partial charge in [0.25, 0.3) is 5.56 Å². The molecular weight excluding hydrogens is 560 g/mol. The Labute approximate surface area is 266 Å². The molecule has 0 aliphatic carbocycles. The predicted octanol–water partition coefficient (Wildman–Crippen LogP) is 8.61. The molecule has 0 saturated carbocycles. The van der Waals surface area contributed by atoms with Crippen molar-refractivity contribution in [1.29, 1.82) is 0 Å². The van der Waals surface area contributed by atoms with Crippen molar-refractivity contribution >= 4 is 17.1 Å². The molecule has 0 N–H and O–H groups in total. The molecule has 2 aromatic heterocycles. The van der Waals surface area contributed by atoms with E-state index in [1.54, 1.807) is 12.3 Å². The van der Waals surface area contributed by atoms with Gasteiger partial charge in [0.15, 0.2) is 5.82 Å². The highest BCUT2D eigenvalue weighted by atomic mass is 16.5. The van der Waals surface area contributed by atoms with Crippen LogP contribution in [0.3, 0.4) is 0 Å². The van der Waals surface area contributed by atoms with Crippen LogP contribution in [0.4, 0.5) is 0 Å². The maximum atomic E-state index is 13.9. The number of aryl methyl sites for hydroxylation is 2. The Bertz CT molecular complexity index is 1920. The van der Waals surface area contributed by atoms with E-state index in [4.69, 9.17) is 19.6 Å². The minimum atomic E-state index is -0.217. The van der Waals surface area contributed by atoms with Crippen molar-refractivity contribution in [2.75, 3.05) is 13.2 Å². The second-order valence-corrected chi connectivity index (χ2v) is 13.1. The van der Waals surface area contributed by atoms with Gasteiger partial charge < -0.3 is 14.0 Å². The molecule has 0 aliphatic heterocycles. The Kier molecular flexibility index (Phi) is 9.01. The van der Waals surface area contributed by atoms with E-state index >= 15 is 0 Å². The van der Waals surface area contributed by atoms with Gasteiger partial charge in [-0.05, 0) is 105 Å². The van der Waals surface area contributed by atoms with Gasteiger partial charge in [-0.25, -0.2) is 4.98 Å². The molecule has 0 bridgehead atoms. The van der Waals surface area contributed by atoms with Crippen molar-refractivity contribution in [3.8, 4) is 28.6 Å². The van der Waals surface area contributed by atoms with Crippen molar-refractivity contribution in [2.45, 2.75) is 68.2 Å². The monoisotopic (exact) mass is 604 g/mol. The van der Waals surface area contributed by atoms with Crippen molar-refractivity contribution in [2.24, 2.45) is 10.5 Å². The van der Waals surface area contributed by atoms with E-state index in [0.717, 1.165) is 50.8 Å². The van der Waals surface area contributed by atoms with E-state index in [9.17, 15) is 4.79 Å². The first-order chi connectivity index (χ1) is 21.4. The van der Waals surface area contributed by atoms with Crippen LogP contribution in [0.2, 0.25) is 0 Å². The molecule has 234 valence electrons. The lowest BCUT2D eigenvalue weighted by Crippen LogP contribution is -2.21. The molecule has 45 heavy (non-hydrogen) atoms. The molecule has 0 fully saturated rings. The van der Waals surface area contributed by atoms with Gasteiger partial charge in [-0.1, -0.05) is 46.8 Å². The van der Waals surface area contributed by atoms with E-state index < -0.39 is 0 Å². The molecule has 5 aromatic rings. The summed E-state index contributed by atoms with van der Waals surface area (Å²) < 4.78 is 15.6. The summed E-state index contributed by atoms with van der Waals surface area (Å²) in [5, 5.41) is 5.32. The van der Waals surface area contributed by atoms with Crippen LogP contribution in [-0.4, -0.2) is 33.7 Å². The highest BCUT2D eigenvalue weighted by Gasteiger charge is 2.19. The smallest absolute Gasteiger partial charge is 0.282 e. The normalized spacial score (nSPS) is 12.0. The molecule has 0 spiro atoms. The SMILES string of the molecule is CCOc1cc(C)c(-c2nc3ccccc3c(=O)n2N=Cc2cc(C)n(-c3ccc(OCC(C)(C)C)cc3)c2C)cc1C(C)C. The van der Waals surface area contributed by atoms with E-state index in [-0.39, 0.29) is 16.9 Å². The summed E-state index contributed by atoms with van der Waals surface area (Å²) in [7, 11) is 0. The molecule has 2 heterocycles. The first kappa shape index (κ1) is 31.8. The van der Waals surface area contributed by atoms with Gasteiger partial charge in [-0.15, -0.1) is 0 Å². The maximum Gasteiger partial charge on any atom is 0.282 e. The average molecular weight is 605 g/mol. The van der Waals surface area contributed by atoms with Crippen LogP contribution < -0.4 is 15.0 Å². The number of rotatable bonds is 9. The summed E-state index contributed by atoms with van der Waals surface area (Å²) in [5.41, 5.74) is 7.40. The van der Waals surface area contributed by atoms with E-state index in [0.29, 0.717) is 29.9 Å². The summed E-state index contributed by atoms with van der Waals surface area (Å²) in [6.07, 6.45) is 1.76. The minimum absolute atomic E-state index is 0.0885. The number of hydrogen-bond donors (Lipinski definition) is 0. The molecule has 0 amide bonds. The molecule has 5 rings (SSSR count). The van der Waals surface area contributed by atoms with Crippen molar-refractivity contribution in [3.63, 3.8) is 0 Å². The molecule has 3 aromatic carbocycles. The summed E-state index contributed by atoms with van der Waals surface area (Å²) >= 11 is 0.